The van der Waals surface area contributed by atoms with Crippen LogP contribution in [0.4, 0.5) is 0 Å². The molecule has 31 heavy (non-hydrogen) atoms. The fraction of sp³-hybridized carbons (Fsp3) is 0.435. The molecule has 164 valence electrons. The van der Waals surface area contributed by atoms with E-state index in [4.69, 9.17) is 15.2 Å². The van der Waals surface area contributed by atoms with Gasteiger partial charge in [-0.25, -0.2) is 0 Å². The first-order valence-electron chi connectivity index (χ1n) is 10.7. The Morgan fingerprint density at radius 1 is 1.13 bits per heavy atom. The molecule has 0 aliphatic carbocycles. The lowest BCUT2D eigenvalue weighted by atomic mass is 9.90. The molecule has 0 radical (unpaired) electrons. The predicted octanol–water partition coefficient (Wildman–Crippen LogP) is 1.41. The Hall–Kier alpha value is -2.97. The molecule has 8 heteroatoms. The van der Waals surface area contributed by atoms with E-state index in [0.717, 1.165) is 32.8 Å². The summed E-state index contributed by atoms with van der Waals surface area (Å²) in [5.74, 6) is -0.184. The highest BCUT2D eigenvalue weighted by molar-refractivity contribution is 5.99. The SMILES string of the molecule is NC(=O)C1(c2ccccn2)CCCN1C(=O)c1cccc(OCCN2CCOCC2)c1. The number of likely N-dealkylation sites (tertiary alicyclic amines) is 1. The molecular weight excluding hydrogens is 396 g/mol. The van der Waals surface area contributed by atoms with E-state index in [1.807, 2.05) is 6.07 Å². The highest BCUT2D eigenvalue weighted by Crippen LogP contribution is 2.39. The van der Waals surface area contributed by atoms with Crippen LogP contribution in [0.25, 0.3) is 0 Å². The standard InChI is InChI=1S/C23H28N4O4/c24-22(29)23(20-7-1-2-9-25-20)8-4-10-27(23)21(28)18-5-3-6-19(17-18)31-16-13-26-11-14-30-15-12-26/h1-3,5-7,9,17H,4,8,10-16H2,(H2,24,29). The Morgan fingerprint density at radius 2 is 1.97 bits per heavy atom. The van der Waals surface area contributed by atoms with Crippen molar-refractivity contribution in [1.82, 2.24) is 14.8 Å². The number of benzene rings is 1. The second kappa shape index (κ2) is 9.45. The zero-order chi connectivity index (χ0) is 21.7. The number of hydrogen-bond donors (Lipinski definition) is 1. The van der Waals surface area contributed by atoms with E-state index in [2.05, 4.69) is 9.88 Å². The van der Waals surface area contributed by atoms with Gasteiger partial charge in [-0.15, -0.1) is 0 Å². The topological polar surface area (TPSA) is 98.0 Å². The minimum absolute atomic E-state index is 0.249. The Bertz CT molecular complexity index is 917. The molecule has 8 nitrogen and oxygen atoms in total. The fourth-order valence-electron chi connectivity index (χ4n) is 4.34. The zero-order valence-corrected chi connectivity index (χ0v) is 17.5. The van der Waals surface area contributed by atoms with Crippen LogP contribution in [-0.4, -0.2) is 72.6 Å². The molecule has 1 atom stereocenters. The number of hydrogen-bond acceptors (Lipinski definition) is 6. The molecule has 2 N–H and O–H groups in total. The number of rotatable bonds is 7. The van der Waals surface area contributed by atoms with Crippen LogP contribution in [0.3, 0.4) is 0 Å². The molecule has 2 saturated heterocycles. The number of amides is 2. The molecule has 2 fully saturated rings. The number of carbonyl (C=O) groups excluding carboxylic acids is 2. The number of primary amides is 1. The summed E-state index contributed by atoms with van der Waals surface area (Å²) in [6.45, 7) is 5.08. The van der Waals surface area contributed by atoms with Gasteiger partial charge < -0.3 is 20.1 Å². The summed E-state index contributed by atoms with van der Waals surface area (Å²) in [7, 11) is 0. The van der Waals surface area contributed by atoms with E-state index in [1.54, 1.807) is 47.5 Å². The van der Waals surface area contributed by atoms with Crippen LogP contribution in [0, 0.1) is 0 Å². The van der Waals surface area contributed by atoms with Gasteiger partial charge in [0, 0.05) is 37.9 Å². The lowest BCUT2D eigenvalue weighted by Crippen LogP contribution is -2.54. The Balaban J connectivity index is 1.49. The molecule has 0 spiro atoms. The van der Waals surface area contributed by atoms with Gasteiger partial charge in [-0.1, -0.05) is 12.1 Å². The van der Waals surface area contributed by atoms with Gasteiger partial charge in [-0.2, -0.15) is 0 Å². The van der Waals surface area contributed by atoms with E-state index < -0.39 is 11.4 Å². The third-order valence-corrected chi connectivity index (χ3v) is 5.98. The van der Waals surface area contributed by atoms with Crippen molar-refractivity contribution in [2.45, 2.75) is 18.4 Å². The Kier molecular flexibility index (Phi) is 6.48. The summed E-state index contributed by atoms with van der Waals surface area (Å²) in [5.41, 5.74) is 5.57. The highest BCUT2D eigenvalue weighted by atomic mass is 16.5. The molecular formula is C23H28N4O4. The lowest BCUT2D eigenvalue weighted by molar-refractivity contribution is -0.128. The fourth-order valence-corrected chi connectivity index (χ4v) is 4.34. The zero-order valence-electron chi connectivity index (χ0n) is 17.5. The molecule has 2 aliphatic heterocycles. The summed E-state index contributed by atoms with van der Waals surface area (Å²) >= 11 is 0. The monoisotopic (exact) mass is 424 g/mol. The molecule has 2 amide bonds. The van der Waals surface area contributed by atoms with E-state index in [-0.39, 0.29) is 5.91 Å². The summed E-state index contributed by atoms with van der Waals surface area (Å²) in [6.07, 6.45) is 2.76. The molecule has 0 saturated carbocycles. The van der Waals surface area contributed by atoms with E-state index in [9.17, 15) is 9.59 Å². The van der Waals surface area contributed by atoms with Gasteiger partial charge in [0.1, 0.15) is 12.4 Å². The van der Waals surface area contributed by atoms with Crippen molar-refractivity contribution in [3.63, 3.8) is 0 Å². The molecule has 1 aromatic heterocycles. The summed E-state index contributed by atoms with van der Waals surface area (Å²) in [5, 5.41) is 0. The van der Waals surface area contributed by atoms with Crippen molar-refractivity contribution in [3.05, 3.63) is 59.9 Å². The maximum absolute atomic E-state index is 13.4. The van der Waals surface area contributed by atoms with Crippen LogP contribution in [0.15, 0.2) is 48.7 Å². The number of ether oxygens (including phenoxy) is 2. The number of morpholine rings is 1. The predicted molar refractivity (Wildman–Crippen MR) is 115 cm³/mol. The number of nitrogens with zero attached hydrogens (tertiary/aromatic N) is 3. The number of carbonyl (C=O) groups is 2. The Morgan fingerprint density at radius 3 is 2.71 bits per heavy atom. The maximum Gasteiger partial charge on any atom is 0.255 e. The molecule has 2 aliphatic rings. The van der Waals surface area contributed by atoms with Gasteiger partial charge >= 0.3 is 0 Å². The van der Waals surface area contributed by atoms with Crippen molar-refractivity contribution >= 4 is 11.8 Å². The first kappa shape index (κ1) is 21.3. The second-order valence-corrected chi connectivity index (χ2v) is 7.83. The molecule has 1 aromatic carbocycles. The molecule has 1 unspecified atom stereocenters. The van der Waals surface area contributed by atoms with Gasteiger partial charge in [0.15, 0.2) is 5.54 Å². The summed E-state index contributed by atoms with van der Waals surface area (Å²) < 4.78 is 11.2. The lowest BCUT2D eigenvalue weighted by Gasteiger charge is -2.35. The van der Waals surface area contributed by atoms with Crippen LogP contribution in [0.2, 0.25) is 0 Å². The van der Waals surface area contributed by atoms with Gasteiger partial charge in [-0.05, 0) is 43.2 Å². The minimum atomic E-state index is -1.23. The number of nitrogens with two attached hydrogens (primary N) is 1. The van der Waals surface area contributed by atoms with Crippen molar-refractivity contribution in [1.29, 1.82) is 0 Å². The van der Waals surface area contributed by atoms with E-state index >= 15 is 0 Å². The maximum atomic E-state index is 13.4. The van der Waals surface area contributed by atoms with Crippen LogP contribution < -0.4 is 10.5 Å². The number of aromatic nitrogens is 1. The summed E-state index contributed by atoms with van der Waals surface area (Å²) in [4.78, 5) is 34.2. The van der Waals surface area contributed by atoms with Crippen LogP contribution in [0.5, 0.6) is 5.75 Å². The van der Waals surface area contributed by atoms with Crippen LogP contribution in [-0.2, 0) is 15.1 Å². The highest BCUT2D eigenvalue weighted by Gasteiger charge is 2.51. The van der Waals surface area contributed by atoms with Crippen molar-refractivity contribution in [2.24, 2.45) is 5.73 Å². The first-order valence-corrected chi connectivity index (χ1v) is 10.7. The smallest absolute Gasteiger partial charge is 0.255 e. The number of pyridine rings is 1. The molecule has 2 aromatic rings. The van der Waals surface area contributed by atoms with Crippen molar-refractivity contribution in [2.75, 3.05) is 46.0 Å². The normalized spacial score (nSPS) is 21.7. The third-order valence-electron chi connectivity index (χ3n) is 5.98. The van der Waals surface area contributed by atoms with Gasteiger partial charge in [0.2, 0.25) is 5.91 Å². The van der Waals surface area contributed by atoms with Crippen LogP contribution in [0.1, 0.15) is 28.9 Å². The van der Waals surface area contributed by atoms with Crippen molar-refractivity contribution < 1.29 is 19.1 Å². The molecule has 3 heterocycles. The van der Waals surface area contributed by atoms with Gasteiger partial charge in [0.05, 0.1) is 18.9 Å². The average molecular weight is 425 g/mol. The third kappa shape index (κ3) is 4.40. The van der Waals surface area contributed by atoms with Crippen molar-refractivity contribution in [3.8, 4) is 5.75 Å². The quantitative estimate of drug-likeness (QED) is 0.722. The molecule has 0 bridgehead atoms. The average Bonchev–Trinajstić information content (AvgIpc) is 3.26. The minimum Gasteiger partial charge on any atom is -0.492 e. The van der Waals surface area contributed by atoms with E-state index in [0.29, 0.717) is 43.0 Å². The molecule has 4 rings (SSSR count). The van der Waals surface area contributed by atoms with E-state index in [1.165, 1.54) is 0 Å². The Labute approximate surface area is 181 Å². The van der Waals surface area contributed by atoms with Crippen LogP contribution >= 0.6 is 0 Å². The van der Waals surface area contributed by atoms with Gasteiger partial charge in [0.25, 0.3) is 5.91 Å². The second-order valence-electron chi connectivity index (χ2n) is 7.83. The first-order chi connectivity index (χ1) is 15.1. The van der Waals surface area contributed by atoms with Gasteiger partial charge in [-0.3, -0.25) is 19.5 Å². The summed E-state index contributed by atoms with van der Waals surface area (Å²) in [6, 6.07) is 12.4. The largest absolute Gasteiger partial charge is 0.492 e.